The van der Waals surface area contributed by atoms with Crippen LogP contribution in [0.15, 0.2) is 4.34 Å². The number of carboxylic acids is 1. The first-order valence-corrected chi connectivity index (χ1v) is 7.64. The Morgan fingerprint density at radius 1 is 1.59 bits per heavy atom. The molecule has 1 aromatic rings. The number of hydrogen-bond donors (Lipinski definition) is 1. The third-order valence-corrected chi connectivity index (χ3v) is 5.09. The highest BCUT2D eigenvalue weighted by Crippen LogP contribution is 2.29. The van der Waals surface area contributed by atoms with Crippen molar-refractivity contribution in [2.24, 2.45) is 5.92 Å². The molecule has 0 spiro atoms. The maximum atomic E-state index is 10.7. The minimum absolute atomic E-state index is 0.0918. The van der Waals surface area contributed by atoms with E-state index in [1.807, 2.05) is 6.92 Å². The molecule has 1 heterocycles. The largest absolute Gasteiger partial charge is 0.481 e. The molecule has 1 unspecified atom stereocenters. The van der Waals surface area contributed by atoms with Crippen molar-refractivity contribution in [3.8, 4) is 0 Å². The van der Waals surface area contributed by atoms with Gasteiger partial charge in [0.15, 0.2) is 0 Å². The van der Waals surface area contributed by atoms with Gasteiger partial charge >= 0.3 is 5.97 Å². The van der Waals surface area contributed by atoms with Crippen LogP contribution in [0.5, 0.6) is 0 Å². The smallest absolute Gasteiger partial charge is 0.308 e. The van der Waals surface area contributed by atoms with Crippen molar-refractivity contribution in [3.05, 3.63) is 10.6 Å². The average molecular weight is 273 g/mol. The van der Waals surface area contributed by atoms with Crippen molar-refractivity contribution >= 4 is 29.1 Å². The minimum Gasteiger partial charge on any atom is -0.481 e. The van der Waals surface area contributed by atoms with Crippen LogP contribution in [0.4, 0.5) is 0 Å². The van der Waals surface area contributed by atoms with Crippen LogP contribution >= 0.6 is 23.1 Å². The van der Waals surface area contributed by atoms with Crippen LogP contribution in [0.25, 0.3) is 0 Å². The second kappa shape index (κ2) is 7.01. The van der Waals surface area contributed by atoms with Gasteiger partial charge in [0.05, 0.1) is 12.1 Å². The van der Waals surface area contributed by atoms with Gasteiger partial charge in [-0.05, 0) is 12.8 Å². The number of nitrogens with zero attached hydrogens (tertiary/aromatic N) is 1. The van der Waals surface area contributed by atoms with Crippen LogP contribution in [0.2, 0.25) is 0 Å². The van der Waals surface area contributed by atoms with Gasteiger partial charge in [-0.15, -0.1) is 11.3 Å². The summed E-state index contributed by atoms with van der Waals surface area (Å²) in [5.41, 5.74) is 0.864. The zero-order valence-electron chi connectivity index (χ0n) is 10.5. The van der Waals surface area contributed by atoms with E-state index in [0.29, 0.717) is 5.92 Å². The molecule has 0 bridgehead atoms. The summed E-state index contributed by atoms with van der Waals surface area (Å²) < 4.78 is 1.00. The molecular formula is C12H19NO2S2. The van der Waals surface area contributed by atoms with E-state index < -0.39 is 5.97 Å². The number of thiazole rings is 1. The maximum absolute atomic E-state index is 10.7. The van der Waals surface area contributed by atoms with E-state index >= 15 is 0 Å². The lowest BCUT2D eigenvalue weighted by atomic mass is 10.1. The Hall–Kier alpha value is -0.550. The molecule has 1 N–H and O–H groups in total. The Morgan fingerprint density at radius 3 is 2.88 bits per heavy atom. The van der Waals surface area contributed by atoms with Crippen LogP contribution in [-0.4, -0.2) is 21.8 Å². The third-order valence-electron chi connectivity index (χ3n) is 2.46. The second-order valence-corrected chi connectivity index (χ2v) is 6.61. The van der Waals surface area contributed by atoms with Crippen molar-refractivity contribution < 1.29 is 9.90 Å². The molecule has 3 nitrogen and oxygen atoms in total. The predicted molar refractivity (Wildman–Crippen MR) is 73.0 cm³/mol. The number of thioether (sulfide) groups is 1. The summed E-state index contributed by atoms with van der Waals surface area (Å²) in [6.07, 6.45) is 2.54. The number of aryl methyl sites for hydroxylation is 1. The van der Waals surface area contributed by atoms with E-state index in [4.69, 9.17) is 5.11 Å². The fraction of sp³-hybridized carbons (Fsp3) is 0.667. The molecule has 1 atom stereocenters. The van der Waals surface area contributed by atoms with E-state index in [2.05, 4.69) is 18.8 Å². The molecule has 0 fully saturated rings. The number of hydrogen-bond acceptors (Lipinski definition) is 4. The summed E-state index contributed by atoms with van der Waals surface area (Å²) in [6.45, 7) is 6.32. The van der Waals surface area contributed by atoms with Crippen LogP contribution in [0.1, 0.15) is 37.3 Å². The molecule has 0 saturated carbocycles. The fourth-order valence-corrected chi connectivity index (χ4v) is 3.87. The Bertz CT molecular complexity index is 377. The standard InChI is InChI=1S/C12H19NO2S2/c1-4-5-8(2)7-16-12-13-9(3)10(17-12)6-11(14)15/h8H,4-7H2,1-3H3,(H,14,15). The molecule has 0 aliphatic rings. The highest BCUT2D eigenvalue weighted by molar-refractivity contribution is 8.01. The maximum Gasteiger partial charge on any atom is 0.308 e. The molecule has 0 saturated heterocycles. The van der Waals surface area contributed by atoms with Crippen molar-refractivity contribution in [3.63, 3.8) is 0 Å². The number of rotatable bonds is 7. The minimum atomic E-state index is -0.785. The first-order chi connectivity index (χ1) is 8.02. The molecule has 96 valence electrons. The van der Waals surface area contributed by atoms with Gasteiger partial charge in [-0.2, -0.15) is 0 Å². The molecule has 1 rings (SSSR count). The topological polar surface area (TPSA) is 50.2 Å². The van der Waals surface area contributed by atoms with Gasteiger partial charge in [0.1, 0.15) is 4.34 Å². The lowest BCUT2D eigenvalue weighted by Gasteiger charge is -2.06. The van der Waals surface area contributed by atoms with Crippen molar-refractivity contribution in [2.45, 2.75) is 44.4 Å². The molecule has 0 radical (unpaired) electrons. The molecular weight excluding hydrogens is 254 g/mol. The zero-order valence-corrected chi connectivity index (χ0v) is 12.2. The van der Waals surface area contributed by atoms with Gasteiger partial charge in [0.2, 0.25) is 0 Å². The third kappa shape index (κ3) is 5.08. The first-order valence-electron chi connectivity index (χ1n) is 5.83. The summed E-state index contributed by atoms with van der Waals surface area (Å²) in [6, 6.07) is 0. The van der Waals surface area contributed by atoms with Crippen molar-refractivity contribution in [2.75, 3.05) is 5.75 Å². The lowest BCUT2D eigenvalue weighted by molar-refractivity contribution is -0.136. The monoisotopic (exact) mass is 273 g/mol. The fourth-order valence-electron chi connectivity index (χ4n) is 1.55. The molecule has 1 aromatic heterocycles. The molecule has 0 aromatic carbocycles. The van der Waals surface area contributed by atoms with Crippen molar-refractivity contribution in [1.29, 1.82) is 0 Å². The molecule has 0 aliphatic heterocycles. The van der Waals surface area contributed by atoms with Gasteiger partial charge in [0, 0.05) is 10.6 Å². The van der Waals surface area contributed by atoms with Crippen LogP contribution in [-0.2, 0) is 11.2 Å². The molecule has 5 heteroatoms. The summed E-state index contributed by atoms with van der Waals surface area (Å²) in [5, 5.41) is 8.76. The quantitative estimate of drug-likeness (QED) is 0.771. The van der Waals surface area contributed by atoms with Gasteiger partial charge in [0.25, 0.3) is 0 Å². The first kappa shape index (κ1) is 14.5. The Labute approximate surface area is 111 Å². The Morgan fingerprint density at radius 2 is 2.29 bits per heavy atom. The Kier molecular flexibility index (Phi) is 5.98. The summed E-state index contributed by atoms with van der Waals surface area (Å²) in [4.78, 5) is 15.9. The molecule has 0 amide bonds. The number of aromatic nitrogens is 1. The highest BCUT2D eigenvalue weighted by atomic mass is 32.2. The number of carboxylic acid groups (broad SMARTS) is 1. The average Bonchev–Trinajstić information content (AvgIpc) is 2.56. The number of aliphatic carboxylic acids is 1. The molecule has 0 aliphatic carbocycles. The van der Waals surface area contributed by atoms with Crippen LogP contribution < -0.4 is 0 Å². The van der Waals surface area contributed by atoms with E-state index in [9.17, 15) is 4.79 Å². The van der Waals surface area contributed by atoms with Crippen LogP contribution in [0, 0.1) is 12.8 Å². The van der Waals surface area contributed by atoms with Gasteiger partial charge in [-0.1, -0.05) is 38.5 Å². The summed E-state index contributed by atoms with van der Waals surface area (Å²) in [5.74, 6) is 0.970. The Balaban J connectivity index is 2.52. The zero-order chi connectivity index (χ0) is 12.8. The van der Waals surface area contributed by atoms with Gasteiger partial charge in [-0.3, -0.25) is 4.79 Å². The lowest BCUT2D eigenvalue weighted by Crippen LogP contribution is -1.99. The molecule has 17 heavy (non-hydrogen) atoms. The van der Waals surface area contributed by atoms with E-state index in [1.54, 1.807) is 11.8 Å². The normalized spacial score (nSPS) is 12.6. The SMILES string of the molecule is CCCC(C)CSc1nc(C)c(CC(=O)O)s1. The van der Waals surface area contributed by atoms with E-state index in [1.165, 1.54) is 24.2 Å². The predicted octanol–water partition coefficient (Wildman–Crippen LogP) is 3.61. The highest BCUT2D eigenvalue weighted by Gasteiger charge is 2.12. The van der Waals surface area contributed by atoms with Crippen molar-refractivity contribution in [1.82, 2.24) is 4.98 Å². The van der Waals surface area contributed by atoms with Gasteiger partial charge in [-0.25, -0.2) is 4.98 Å². The van der Waals surface area contributed by atoms with E-state index in [0.717, 1.165) is 20.7 Å². The van der Waals surface area contributed by atoms with Gasteiger partial charge < -0.3 is 5.11 Å². The second-order valence-electron chi connectivity index (χ2n) is 4.26. The summed E-state index contributed by atoms with van der Waals surface area (Å²) in [7, 11) is 0. The summed E-state index contributed by atoms with van der Waals surface area (Å²) >= 11 is 3.26. The van der Waals surface area contributed by atoms with E-state index in [-0.39, 0.29) is 6.42 Å². The van der Waals surface area contributed by atoms with Crippen LogP contribution in [0.3, 0.4) is 0 Å². The number of carbonyl (C=O) groups is 1.